The largest absolute Gasteiger partial charge is 0.497 e. The molecule has 0 radical (unpaired) electrons. The van der Waals surface area contributed by atoms with Gasteiger partial charge in [-0.15, -0.1) is 0 Å². The minimum Gasteiger partial charge on any atom is -0.497 e. The third kappa shape index (κ3) is 2.74. The Morgan fingerprint density at radius 2 is 1.90 bits per heavy atom. The number of halogens is 1. The molecule has 4 heteroatoms. The van der Waals surface area contributed by atoms with Crippen molar-refractivity contribution in [2.45, 2.75) is 18.3 Å². The second kappa shape index (κ2) is 5.41. The first-order valence-electron chi connectivity index (χ1n) is 6.86. The summed E-state index contributed by atoms with van der Waals surface area (Å²) in [5.74, 6) is 0.752. The number of anilines is 1. The fourth-order valence-corrected chi connectivity index (χ4v) is 2.62. The molecule has 0 heterocycles. The van der Waals surface area contributed by atoms with E-state index in [0.717, 1.165) is 29.8 Å². The van der Waals surface area contributed by atoms with Crippen molar-refractivity contribution in [3.8, 4) is 5.75 Å². The van der Waals surface area contributed by atoms with Gasteiger partial charge in [0, 0.05) is 16.8 Å². The number of amides is 1. The summed E-state index contributed by atoms with van der Waals surface area (Å²) in [5.41, 5.74) is 1.36. The molecule has 3 rings (SSSR count). The molecule has 0 atom stereocenters. The van der Waals surface area contributed by atoms with Gasteiger partial charge in [0.1, 0.15) is 5.75 Å². The lowest BCUT2D eigenvalue weighted by Crippen LogP contribution is -2.27. The molecular formula is C17H16ClNO2. The van der Waals surface area contributed by atoms with Gasteiger partial charge in [0.15, 0.2) is 0 Å². The van der Waals surface area contributed by atoms with Crippen molar-refractivity contribution in [1.29, 1.82) is 0 Å². The minimum absolute atomic E-state index is 0.0260. The second-order valence-corrected chi connectivity index (χ2v) is 5.71. The van der Waals surface area contributed by atoms with Gasteiger partial charge in [0.25, 0.3) is 0 Å². The Hall–Kier alpha value is -2.00. The lowest BCUT2D eigenvalue weighted by atomic mass is 9.95. The topological polar surface area (TPSA) is 38.3 Å². The number of ether oxygens (including phenoxy) is 1. The Balaban J connectivity index is 1.80. The number of rotatable bonds is 4. The minimum atomic E-state index is -0.409. The highest BCUT2D eigenvalue weighted by molar-refractivity contribution is 6.30. The fraction of sp³-hybridized carbons (Fsp3) is 0.235. The highest BCUT2D eigenvalue weighted by Crippen LogP contribution is 2.49. The zero-order valence-corrected chi connectivity index (χ0v) is 12.5. The van der Waals surface area contributed by atoms with E-state index in [4.69, 9.17) is 16.3 Å². The van der Waals surface area contributed by atoms with Crippen LogP contribution in [0.15, 0.2) is 48.5 Å². The summed E-state index contributed by atoms with van der Waals surface area (Å²) >= 11 is 5.91. The number of nitrogens with one attached hydrogen (secondary N) is 1. The molecule has 2 aromatic rings. The Bertz CT molecular complexity index is 663. The quantitative estimate of drug-likeness (QED) is 0.926. The number of hydrogen-bond donors (Lipinski definition) is 1. The van der Waals surface area contributed by atoms with Crippen molar-refractivity contribution < 1.29 is 9.53 Å². The Kier molecular flexibility index (Phi) is 3.60. The molecular weight excluding hydrogens is 286 g/mol. The molecule has 108 valence electrons. The molecule has 1 saturated carbocycles. The van der Waals surface area contributed by atoms with Crippen LogP contribution in [0.1, 0.15) is 18.4 Å². The van der Waals surface area contributed by atoms with Gasteiger partial charge in [-0.05, 0) is 42.7 Å². The van der Waals surface area contributed by atoms with E-state index in [1.165, 1.54) is 0 Å². The molecule has 1 amide bonds. The third-order valence-electron chi connectivity index (χ3n) is 3.91. The van der Waals surface area contributed by atoms with Crippen LogP contribution in [0.4, 0.5) is 5.69 Å². The van der Waals surface area contributed by atoms with Crippen LogP contribution in [0.25, 0.3) is 0 Å². The predicted molar refractivity (Wildman–Crippen MR) is 84.0 cm³/mol. The fourth-order valence-electron chi connectivity index (χ4n) is 2.49. The normalized spacial score (nSPS) is 15.3. The molecule has 1 aliphatic carbocycles. The van der Waals surface area contributed by atoms with Crippen LogP contribution in [-0.4, -0.2) is 13.0 Å². The molecule has 0 bridgehead atoms. The number of methoxy groups -OCH3 is 1. The van der Waals surface area contributed by atoms with Gasteiger partial charge >= 0.3 is 0 Å². The van der Waals surface area contributed by atoms with Crippen molar-refractivity contribution in [2.75, 3.05) is 12.4 Å². The van der Waals surface area contributed by atoms with Gasteiger partial charge in [-0.25, -0.2) is 0 Å². The van der Waals surface area contributed by atoms with Crippen LogP contribution in [0.3, 0.4) is 0 Å². The summed E-state index contributed by atoms with van der Waals surface area (Å²) in [5, 5.41) is 3.66. The Labute approximate surface area is 128 Å². The van der Waals surface area contributed by atoms with Crippen LogP contribution in [0, 0.1) is 0 Å². The summed E-state index contributed by atoms with van der Waals surface area (Å²) < 4.78 is 5.17. The van der Waals surface area contributed by atoms with Gasteiger partial charge in [-0.3, -0.25) is 4.79 Å². The summed E-state index contributed by atoms with van der Waals surface area (Å²) in [7, 11) is 1.61. The Morgan fingerprint density at radius 1 is 1.19 bits per heavy atom. The second-order valence-electron chi connectivity index (χ2n) is 5.28. The average molecular weight is 302 g/mol. The van der Waals surface area contributed by atoms with E-state index in [9.17, 15) is 4.79 Å². The van der Waals surface area contributed by atoms with E-state index in [1.54, 1.807) is 7.11 Å². The zero-order chi connectivity index (χ0) is 14.9. The van der Waals surface area contributed by atoms with E-state index in [1.807, 2.05) is 48.5 Å². The molecule has 0 saturated heterocycles. The summed E-state index contributed by atoms with van der Waals surface area (Å²) in [6.07, 6.45) is 1.73. The van der Waals surface area contributed by atoms with Gasteiger partial charge in [-0.1, -0.05) is 29.8 Å². The van der Waals surface area contributed by atoms with Crippen molar-refractivity contribution in [1.82, 2.24) is 0 Å². The lowest BCUT2D eigenvalue weighted by molar-refractivity contribution is -0.118. The van der Waals surface area contributed by atoms with Gasteiger partial charge in [0.05, 0.1) is 12.5 Å². The highest BCUT2D eigenvalue weighted by Gasteiger charge is 2.51. The summed E-state index contributed by atoms with van der Waals surface area (Å²) in [6.45, 7) is 0. The first-order valence-corrected chi connectivity index (χ1v) is 7.23. The van der Waals surface area contributed by atoms with Crippen molar-refractivity contribution in [2.24, 2.45) is 0 Å². The van der Waals surface area contributed by atoms with Crippen LogP contribution in [0.2, 0.25) is 5.02 Å². The molecule has 1 N–H and O–H groups in total. The van der Waals surface area contributed by atoms with Crippen LogP contribution in [-0.2, 0) is 10.2 Å². The molecule has 0 spiro atoms. The molecule has 1 aliphatic rings. The number of carbonyl (C=O) groups excluding carboxylic acids is 1. The standard InChI is InChI=1S/C17H16ClNO2/c1-21-15-4-2-3-14(11-15)19-16(20)17(9-10-17)12-5-7-13(18)8-6-12/h2-8,11H,9-10H2,1H3,(H,19,20). The maximum Gasteiger partial charge on any atom is 0.235 e. The van der Waals surface area contributed by atoms with E-state index < -0.39 is 5.41 Å². The molecule has 3 nitrogen and oxygen atoms in total. The monoisotopic (exact) mass is 301 g/mol. The average Bonchev–Trinajstić information content (AvgIpc) is 3.30. The third-order valence-corrected chi connectivity index (χ3v) is 4.16. The molecule has 2 aromatic carbocycles. The van der Waals surface area contributed by atoms with Crippen LogP contribution >= 0.6 is 11.6 Å². The molecule has 21 heavy (non-hydrogen) atoms. The number of benzene rings is 2. The Morgan fingerprint density at radius 3 is 2.52 bits per heavy atom. The van der Waals surface area contributed by atoms with Gasteiger partial charge in [0.2, 0.25) is 5.91 Å². The van der Waals surface area contributed by atoms with Crippen molar-refractivity contribution >= 4 is 23.2 Å². The SMILES string of the molecule is COc1cccc(NC(=O)C2(c3ccc(Cl)cc3)CC2)c1. The maximum atomic E-state index is 12.6. The first-order chi connectivity index (χ1) is 10.1. The molecule has 0 aliphatic heterocycles. The van der Waals surface area contributed by atoms with Crippen molar-refractivity contribution in [3.05, 3.63) is 59.1 Å². The smallest absolute Gasteiger partial charge is 0.235 e. The van der Waals surface area contributed by atoms with Gasteiger partial charge < -0.3 is 10.1 Å². The summed E-state index contributed by atoms with van der Waals surface area (Å²) in [4.78, 5) is 12.6. The molecule has 0 aromatic heterocycles. The van der Waals surface area contributed by atoms with Crippen LogP contribution in [0.5, 0.6) is 5.75 Å². The first kappa shape index (κ1) is 14.0. The maximum absolute atomic E-state index is 12.6. The lowest BCUT2D eigenvalue weighted by Gasteiger charge is -2.16. The molecule has 1 fully saturated rings. The zero-order valence-electron chi connectivity index (χ0n) is 11.7. The molecule has 0 unspecified atom stereocenters. The van der Waals surface area contributed by atoms with E-state index in [0.29, 0.717) is 5.02 Å². The van der Waals surface area contributed by atoms with E-state index in [-0.39, 0.29) is 5.91 Å². The number of hydrogen-bond acceptors (Lipinski definition) is 2. The van der Waals surface area contributed by atoms with E-state index in [2.05, 4.69) is 5.32 Å². The van der Waals surface area contributed by atoms with Crippen molar-refractivity contribution in [3.63, 3.8) is 0 Å². The number of carbonyl (C=O) groups is 1. The summed E-state index contributed by atoms with van der Waals surface area (Å²) in [6, 6.07) is 14.9. The van der Waals surface area contributed by atoms with Crippen LogP contribution < -0.4 is 10.1 Å². The van der Waals surface area contributed by atoms with E-state index >= 15 is 0 Å². The predicted octanol–water partition coefficient (Wildman–Crippen LogP) is 4.02. The highest BCUT2D eigenvalue weighted by atomic mass is 35.5. The van der Waals surface area contributed by atoms with Gasteiger partial charge in [-0.2, -0.15) is 0 Å².